The van der Waals surface area contributed by atoms with E-state index in [0.29, 0.717) is 0 Å². The topological polar surface area (TPSA) is 26.0 Å². The van der Waals surface area contributed by atoms with Gasteiger partial charge < -0.3 is 5.73 Å². The fourth-order valence-electron chi connectivity index (χ4n) is 1.86. The monoisotopic (exact) mass is 343 g/mol. The Morgan fingerprint density at radius 1 is 1.28 bits per heavy atom. The van der Waals surface area contributed by atoms with Crippen LogP contribution in [0.1, 0.15) is 28.3 Å². The molecule has 0 amide bonds. The number of hydrogen-bond donors (Lipinski definition) is 1. The van der Waals surface area contributed by atoms with E-state index in [4.69, 9.17) is 17.3 Å². The van der Waals surface area contributed by atoms with Crippen LogP contribution in [-0.2, 0) is 12.8 Å². The van der Waals surface area contributed by atoms with E-state index in [9.17, 15) is 0 Å². The van der Waals surface area contributed by atoms with Crippen molar-refractivity contribution >= 4 is 38.9 Å². The summed E-state index contributed by atoms with van der Waals surface area (Å²) in [6.07, 6.45) is 1.92. The van der Waals surface area contributed by atoms with Gasteiger partial charge in [0.05, 0.1) is 5.02 Å². The Kier molecular flexibility index (Phi) is 4.84. The van der Waals surface area contributed by atoms with Crippen molar-refractivity contribution in [2.45, 2.75) is 25.8 Å². The van der Waals surface area contributed by atoms with Crippen LogP contribution in [0.3, 0.4) is 0 Å². The zero-order valence-corrected chi connectivity index (χ0v) is 13.3. The van der Waals surface area contributed by atoms with Gasteiger partial charge in [-0.05, 0) is 46.1 Å². The molecule has 18 heavy (non-hydrogen) atoms. The summed E-state index contributed by atoms with van der Waals surface area (Å²) >= 11 is 11.5. The largest absolute Gasteiger partial charge is 0.324 e. The predicted octanol–water partition coefficient (Wildman–Crippen LogP) is 4.97. The number of benzene rings is 1. The predicted molar refractivity (Wildman–Crippen MR) is 83.5 cm³/mol. The van der Waals surface area contributed by atoms with Crippen molar-refractivity contribution in [3.63, 3.8) is 0 Å². The van der Waals surface area contributed by atoms with Crippen LogP contribution in [-0.4, -0.2) is 0 Å². The summed E-state index contributed by atoms with van der Waals surface area (Å²) in [6.45, 7) is 2.17. The molecule has 0 saturated heterocycles. The SMILES string of the molecule is CCc1ccc(CC(N)c2cccc(Br)c2Cl)s1. The zero-order valence-electron chi connectivity index (χ0n) is 10.1. The third-order valence-electron chi connectivity index (χ3n) is 2.87. The maximum atomic E-state index is 6.26. The summed E-state index contributed by atoms with van der Waals surface area (Å²) in [7, 11) is 0. The van der Waals surface area contributed by atoms with Crippen LogP contribution in [0, 0.1) is 0 Å². The average Bonchev–Trinajstić information content (AvgIpc) is 2.80. The molecule has 1 unspecified atom stereocenters. The highest BCUT2D eigenvalue weighted by atomic mass is 79.9. The minimum Gasteiger partial charge on any atom is -0.324 e. The minimum absolute atomic E-state index is 0.0571. The molecule has 1 atom stereocenters. The Labute approximate surface area is 125 Å². The summed E-state index contributed by atoms with van der Waals surface area (Å²) in [5.41, 5.74) is 7.25. The average molecular weight is 345 g/mol. The first kappa shape index (κ1) is 14.1. The van der Waals surface area contributed by atoms with E-state index in [-0.39, 0.29) is 6.04 Å². The van der Waals surface area contributed by atoms with E-state index < -0.39 is 0 Å². The Morgan fingerprint density at radius 3 is 2.67 bits per heavy atom. The van der Waals surface area contributed by atoms with Gasteiger partial charge in [-0.2, -0.15) is 0 Å². The lowest BCUT2D eigenvalue weighted by atomic mass is 10.0. The van der Waals surface area contributed by atoms with Crippen molar-refractivity contribution in [2.75, 3.05) is 0 Å². The highest BCUT2D eigenvalue weighted by Gasteiger charge is 2.13. The van der Waals surface area contributed by atoms with Gasteiger partial charge >= 0.3 is 0 Å². The van der Waals surface area contributed by atoms with Crippen molar-refractivity contribution in [1.82, 2.24) is 0 Å². The summed E-state index contributed by atoms with van der Waals surface area (Å²) < 4.78 is 0.901. The normalized spacial score (nSPS) is 12.7. The summed E-state index contributed by atoms with van der Waals surface area (Å²) in [5, 5.41) is 0.720. The molecule has 2 aromatic rings. The Hall–Kier alpha value is -0.350. The van der Waals surface area contributed by atoms with Crippen molar-refractivity contribution in [3.05, 3.63) is 55.1 Å². The first-order valence-corrected chi connectivity index (χ1v) is 7.87. The van der Waals surface area contributed by atoms with Crippen LogP contribution in [0.5, 0.6) is 0 Å². The van der Waals surface area contributed by atoms with E-state index in [1.54, 1.807) is 0 Å². The molecule has 2 rings (SSSR count). The lowest BCUT2D eigenvalue weighted by Gasteiger charge is -2.13. The van der Waals surface area contributed by atoms with Crippen LogP contribution < -0.4 is 5.73 Å². The van der Waals surface area contributed by atoms with E-state index in [0.717, 1.165) is 27.9 Å². The van der Waals surface area contributed by atoms with Gasteiger partial charge in [-0.15, -0.1) is 11.3 Å². The van der Waals surface area contributed by atoms with Crippen molar-refractivity contribution in [1.29, 1.82) is 0 Å². The van der Waals surface area contributed by atoms with Gasteiger partial charge in [0.15, 0.2) is 0 Å². The van der Waals surface area contributed by atoms with Crippen LogP contribution in [0.4, 0.5) is 0 Å². The maximum absolute atomic E-state index is 6.26. The lowest BCUT2D eigenvalue weighted by Crippen LogP contribution is -2.13. The molecule has 1 aromatic carbocycles. The van der Waals surface area contributed by atoms with Crippen molar-refractivity contribution in [2.24, 2.45) is 5.73 Å². The van der Waals surface area contributed by atoms with Gasteiger partial charge in [0.1, 0.15) is 0 Å². The zero-order chi connectivity index (χ0) is 13.1. The molecule has 0 aliphatic rings. The molecule has 0 aliphatic carbocycles. The fourth-order valence-corrected chi connectivity index (χ4v) is 3.52. The first-order valence-electron chi connectivity index (χ1n) is 5.89. The van der Waals surface area contributed by atoms with Gasteiger partial charge in [-0.3, -0.25) is 0 Å². The highest BCUT2D eigenvalue weighted by molar-refractivity contribution is 9.10. The Balaban J connectivity index is 2.16. The van der Waals surface area contributed by atoms with E-state index >= 15 is 0 Å². The Morgan fingerprint density at radius 2 is 2.00 bits per heavy atom. The van der Waals surface area contributed by atoms with Crippen LogP contribution in [0.15, 0.2) is 34.8 Å². The molecule has 0 saturated carbocycles. The lowest BCUT2D eigenvalue weighted by molar-refractivity contribution is 0.730. The fraction of sp³-hybridized carbons (Fsp3) is 0.286. The molecule has 0 aliphatic heterocycles. The van der Waals surface area contributed by atoms with Crippen LogP contribution in [0.2, 0.25) is 5.02 Å². The molecule has 1 heterocycles. The molecule has 2 N–H and O–H groups in total. The highest BCUT2D eigenvalue weighted by Crippen LogP contribution is 2.31. The molecular formula is C14H15BrClNS. The van der Waals surface area contributed by atoms with Crippen LogP contribution in [0.25, 0.3) is 0 Å². The molecule has 4 heteroatoms. The quantitative estimate of drug-likeness (QED) is 0.832. The number of hydrogen-bond acceptors (Lipinski definition) is 2. The van der Waals surface area contributed by atoms with Gasteiger partial charge in [0, 0.05) is 26.7 Å². The number of halogens is 2. The molecule has 0 fully saturated rings. The summed E-state index contributed by atoms with van der Waals surface area (Å²) in [4.78, 5) is 2.72. The molecule has 0 bridgehead atoms. The number of aryl methyl sites for hydroxylation is 1. The minimum atomic E-state index is -0.0571. The standard InChI is InChI=1S/C14H15BrClNS/c1-2-9-6-7-10(18-9)8-13(17)11-4-3-5-12(15)14(11)16/h3-7,13H,2,8,17H2,1H3. The Bertz CT molecular complexity index is 538. The smallest absolute Gasteiger partial charge is 0.0595 e. The summed E-state index contributed by atoms with van der Waals surface area (Å²) in [6, 6.07) is 10.2. The number of nitrogens with two attached hydrogens (primary N) is 1. The van der Waals surface area contributed by atoms with Gasteiger partial charge in [-0.1, -0.05) is 30.7 Å². The second-order valence-electron chi connectivity index (χ2n) is 4.18. The third-order valence-corrected chi connectivity index (χ3v) is 5.43. The van der Waals surface area contributed by atoms with Crippen molar-refractivity contribution < 1.29 is 0 Å². The van der Waals surface area contributed by atoms with Gasteiger partial charge in [0.2, 0.25) is 0 Å². The van der Waals surface area contributed by atoms with E-state index in [2.05, 4.69) is 35.0 Å². The van der Waals surface area contributed by atoms with E-state index in [1.165, 1.54) is 9.75 Å². The third kappa shape index (κ3) is 3.15. The second-order valence-corrected chi connectivity index (χ2v) is 6.66. The molecule has 1 nitrogen and oxygen atoms in total. The summed E-state index contributed by atoms with van der Waals surface area (Å²) in [5.74, 6) is 0. The molecule has 0 spiro atoms. The molecule has 0 radical (unpaired) electrons. The maximum Gasteiger partial charge on any atom is 0.0595 e. The number of thiophene rings is 1. The molecule has 96 valence electrons. The van der Waals surface area contributed by atoms with Crippen molar-refractivity contribution in [3.8, 4) is 0 Å². The molecular weight excluding hydrogens is 330 g/mol. The van der Waals surface area contributed by atoms with Gasteiger partial charge in [0.25, 0.3) is 0 Å². The second kappa shape index (κ2) is 6.20. The van der Waals surface area contributed by atoms with E-state index in [1.807, 2.05) is 29.5 Å². The first-order chi connectivity index (χ1) is 8.61. The number of rotatable bonds is 4. The molecule has 1 aromatic heterocycles. The van der Waals surface area contributed by atoms with Crippen LogP contribution >= 0.6 is 38.9 Å². The van der Waals surface area contributed by atoms with Gasteiger partial charge in [-0.25, -0.2) is 0 Å².